The van der Waals surface area contributed by atoms with Gasteiger partial charge in [0.25, 0.3) is 0 Å². The summed E-state index contributed by atoms with van der Waals surface area (Å²) in [6.07, 6.45) is 2.23. The normalized spacial score (nSPS) is 22.4. The van der Waals surface area contributed by atoms with Crippen molar-refractivity contribution in [3.05, 3.63) is 0 Å². The zero-order chi connectivity index (χ0) is 14.0. The number of nitrogens with zero attached hydrogens (tertiary/aromatic N) is 1. The minimum Gasteiger partial charge on any atom is -0.382 e. The number of hydrogen-bond acceptors (Lipinski definition) is 4. The number of hydrogen-bond donors (Lipinski definition) is 2. The van der Waals surface area contributed by atoms with Crippen molar-refractivity contribution in [2.24, 2.45) is 4.99 Å². The molecule has 1 atom stereocenters. The van der Waals surface area contributed by atoms with Crippen LogP contribution in [-0.2, 0) is 14.2 Å². The first-order valence-electron chi connectivity index (χ1n) is 6.85. The molecule has 1 rings (SSSR count). The van der Waals surface area contributed by atoms with Gasteiger partial charge < -0.3 is 24.8 Å². The summed E-state index contributed by atoms with van der Waals surface area (Å²) < 4.78 is 16.0. The number of ether oxygens (including phenoxy) is 3. The molecule has 1 heterocycles. The lowest BCUT2D eigenvalue weighted by Crippen LogP contribution is -2.46. The van der Waals surface area contributed by atoms with Gasteiger partial charge in [-0.25, -0.2) is 0 Å². The summed E-state index contributed by atoms with van der Waals surface area (Å²) in [6, 6.07) is 0. The van der Waals surface area contributed by atoms with Crippen LogP contribution in [0.25, 0.3) is 0 Å². The molecule has 0 aromatic rings. The molecular formula is C13H28IN3O3. The number of aliphatic imine (C=N–C) groups is 1. The standard InChI is InChI=1S/C13H27N3O3.HI/c1-13(5-4-7-19-13)11-16-12(14-2)15-6-8-18-10-9-17-3;/h4-11H2,1-3H3,(H2,14,15,16);1H. The van der Waals surface area contributed by atoms with Gasteiger partial charge in [-0.15, -0.1) is 24.0 Å². The first kappa shape index (κ1) is 19.9. The van der Waals surface area contributed by atoms with Crippen LogP contribution in [0.15, 0.2) is 4.99 Å². The van der Waals surface area contributed by atoms with Gasteiger partial charge in [0.15, 0.2) is 5.96 Å². The van der Waals surface area contributed by atoms with Crippen LogP contribution in [0.5, 0.6) is 0 Å². The predicted molar refractivity (Wildman–Crippen MR) is 91.1 cm³/mol. The first-order chi connectivity index (χ1) is 9.20. The summed E-state index contributed by atoms with van der Waals surface area (Å²) in [6.45, 7) is 6.38. The Morgan fingerprint density at radius 1 is 1.30 bits per heavy atom. The Kier molecular flexibility index (Phi) is 11.5. The molecular weight excluding hydrogens is 373 g/mol. The van der Waals surface area contributed by atoms with Crippen molar-refractivity contribution in [2.45, 2.75) is 25.4 Å². The number of nitrogens with one attached hydrogen (secondary N) is 2. The second-order valence-corrected chi connectivity index (χ2v) is 4.86. The first-order valence-corrected chi connectivity index (χ1v) is 6.85. The van der Waals surface area contributed by atoms with Crippen molar-refractivity contribution in [3.63, 3.8) is 0 Å². The fourth-order valence-corrected chi connectivity index (χ4v) is 1.95. The van der Waals surface area contributed by atoms with Crippen LogP contribution in [0.2, 0.25) is 0 Å². The highest BCUT2D eigenvalue weighted by Crippen LogP contribution is 2.23. The second-order valence-electron chi connectivity index (χ2n) is 4.86. The highest BCUT2D eigenvalue weighted by atomic mass is 127. The molecule has 1 unspecified atom stereocenters. The molecule has 0 amide bonds. The monoisotopic (exact) mass is 401 g/mol. The fourth-order valence-electron chi connectivity index (χ4n) is 1.95. The molecule has 0 spiro atoms. The lowest BCUT2D eigenvalue weighted by Gasteiger charge is -2.24. The molecule has 0 aliphatic carbocycles. The summed E-state index contributed by atoms with van der Waals surface area (Å²) in [5, 5.41) is 6.49. The summed E-state index contributed by atoms with van der Waals surface area (Å²) in [5.74, 6) is 0.784. The Morgan fingerprint density at radius 3 is 2.70 bits per heavy atom. The van der Waals surface area contributed by atoms with Crippen LogP contribution in [0, 0.1) is 0 Å². The van der Waals surface area contributed by atoms with E-state index in [-0.39, 0.29) is 29.6 Å². The molecule has 0 radical (unpaired) electrons. The van der Waals surface area contributed by atoms with Gasteiger partial charge in [-0.1, -0.05) is 0 Å². The van der Waals surface area contributed by atoms with Crippen molar-refractivity contribution in [1.82, 2.24) is 10.6 Å². The highest BCUT2D eigenvalue weighted by Gasteiger charge is 2.29. The average Bonchev–Trinajstić information content (AvgIpc) is 2.84. The lowest BCUT2D eigenvalue weighted by molar-refractivity contribution is 0.0242. The summed E-state index contributed by atoms with van der Waals surface area (Å²) in [5.41, 5.74) is -0.0629. The number of rotatable bonds is 8. The minimum atomic E-state index is -0.0629. The summed E-state index contributed by atoms with van der Waals surface area (Å²) >= 11 is 0. The van der Waals surface area contributed by atoms with Crippen LogP contribution in [0.3, 0.4) is 0 Å². The Morgan fingerprint density at radius 2 is 2.10 bits per heavy atom. The predicted octanol–water partition coefficient (Wildman–Crippen LogP) is 1.00. The summed E-state index contributed by atoms with van der Waals surface area (Å²) in [7, 11) is 3.43. The zero-order valence-corrected chi connectivity index (χ0v) is 15.1. The Hall–Kier alpha value is -0.120. The highest BCUT2D eigenvalue weighted by molar-refractivity contribution is 14.0. The van der Waals surface area contributed by atoms with Crippen LogP contribution < -0.4 is 10.6 Å². The van der Waals surface area contributed by atoms with Gasteiger partial charge in [-0.05, 0) is 19.8 Å². The Bertz CT molecular complexity index is 272. The van der Waals surface area contributed by atoms with E-state index >= 15 is 0 Å². The van der Waals surface area contributed by atoms with E-state index in [9.17, 15) is 0 Å². The molecule has 0 bridgehead atoms. The van der Waals surface area contributed by atoms with Crippen LogP contribution >= 0.6 is 24.0 Å². The third kappa shape index (κ3) is 8.23. The molecule has 0 aromatic heterocycles. The van der Waals surface area contributed by atoms with Gasteiger partial charge in [0.1, 0.15) is 0 Å². The third-order valence-electron chi connectivity index (χ3n) is 3.12. The van der Waals surface area contributed by atoms with E-state index in [2.05, 4.69) is 22.5 Å². The molecule has 1 saturated heterocycles. The van der Waals surface area contributed by atoms with Crippen molar-refractivity contribution in [2.75, 3.05) is 53.7 Å². The number of methoxy groups -OCH3 is 1. The largest absolute Gasteiger partial charge is 0.382 e. The SMILES string of the molecule is CN=C(NCCOCCOC)NCC1(C)CCCO1.I. The van der Waals surface area contributed by atoms with Crippen molar-refractivity contribution < 1.29 is 14.2 Å². The van der Waals surface area contributed by atoms with E-state index in [0.717, 1.165) is 38.5 Å². The van der Waals surface area contributed by atoms with Crippen molar-refractivity contribution in [3.8, 4) is 0 Å². The average molecular weight is 401 g/mol. The maximum Gasteiger partial charge on any atom is 0.191 e. The smallest absolute Gasteiger partial charge is 0.191 e. The van der Waals surface area contributed by atoms with Crippen LogP contribution in [0.4, 0.5) is 0 Å². The molecule has 2 N–H and O–H groups in total. The third-order valence-corrected chi connectivity index (χ3v) is 3.12. The number of halogens is 1. The molecule has 20 heavy (non-hydrogen) atoms. The van der Waals surface area contributed by atoms with E-state index in [1.165, 1.54) is 0 Å². The molecule has 1 aliphatic rings. The summed E-state index contributed by atoms with van der Waals surface area (Å²) in [4.78, 5) is 4.17. The van der Waals surface area contributed by atoms with Gasteiger partial charge in [-0.3, -0.25) is 4.99 Å². The van der Waals surface area contributed by atoms with Gasteiger partial charge in [0.2, 0.25) is 0 Å². The Labute approximate surface area is 139 Å². The van der Waals surface area contributed by atoms with Gasteiger partial charge >= 0.3 is 0 Å². The van der Waals surface area contributed by atoms with E-state index in [1.54, 1.807) is 14.2 Å². The fraction of sp³-hybridized carbons (Fsp3) is 0.923. The van der Waals surface area contributed by atoms with Crippen molar-refractivity contribution in [1.29, 1.82) is 0 Å². The van der Waals surface area contributed by atoms with E-state index in [0.29, 0.717) is 19.8 Å². The molecule has 1 fully saturated rings. The Balaban J connectivity index is 0.00000361. The van der Waals surface area contributed by atoms with Crippen LogP contribution in [0.1, 0.15) is 19.8 Å². The van der Waals surface area contributed by atoms with E-state index in [1.807, 2.05) is 0 Å². The maximum absolute atomic E-state index is 5.72. The molecule has 6 nitrogen and oxygen atoms in total. The second kappa shape index (κ2) is 11.5. The quantitative estimate of drug-likeness (QED) is 0.275. The topological polar surface area (TPSA) is 64.1 Å². The van der Waals surface area contributed by atoms with Crippen LogP contribution in [-0.4, -0.2) is 65.2 Å². The van der Waals surface area contributed by atoms with Gasteiger partial charge in [0, 0.05) is 33.9 Å². The van der Waals surface area contributed by atoms with E-state index in [4.69, 9.17) is 14.2 Å². The minimum absolute atomic E-state index is 0. The van der Waals surface area contributed by atoms with Gasteiger partial charge in [0.05, 0.1) is 25.4 Å². The van der Waals surface area contributed by atoms with E-state index < -0.39 is 0 Å². The molecule has 120 valence electrons. The van der Waals surface area contributed by atoms with Gasteiger partial charge in [-0.2, -0.15) is 0 Å². The zero-order valence-electron chi connectivity index (χ0n) is 12.7. The molecule has 0 aromatic carbocycles. The lowest BCUT2D eigenvalue weighted by atomic mass is 10.0. The molecule has 1 aliphatic heterocycles. The number of guanidine groups is 1. The van der Waals surface area contributed by atoms with Crippen molar-refractivity contribution >= 4 is 29.9 Å². The molecule has 0 saturated carbocycles. The maximum atomic E-state index is 5.72. The molecule has 7 heteroatoms.